The summed E-state index contributed by atoms with van der Waals surface area (Å²) in [5, 5.41) is 0. The number of fused-ring (bicyclic) bond motifs is 1. The minimum Gasteiger partial charge on any atom is -0.492 e. The van der Waals surface area contributed by atoms with Crippen molar-refractivity contribution in [3.05, 3.63) is 95.6 Å². The van der Waals surface area contributed by atoms with E-state index in [9.17, 15) is 0 Å². The molecule has 2 aliphatic heterocycles. The van der Waals surface area contributed by atoms with Crippen molar-refractivity contribution >= 4 is 11.6 Å². The number of hydrogen-bond acceptors (Lipinski definition) is 3. The molecule has 0 bridgehead atoms. The molecule has 0 unspecified atom stereocenters. The second kappa shape index (κ2) is 8.76. The van der Waals surface area contributed by atoms with Crippen LogP contribution in [0.25, 0.3) is 11.6 Å². The molecule has 0 saturated carbocycles. The van der Waals surface area contributed by atoms with Gasteiger partial charge >= 0.3 is 0 Å². The van der Waals surface area contributed by atoms with E-state index in [0.29, 0.717) is 0 Å². The second-order valence-electron chi connectivity index (χ2n) is 7.97. The van der Waals surface area contributed by atoms with Crippen LogP contribution in [-0.2, 0) is 0 Å². The molecule has 3 nitrogen and oxygen atoms in total. The fourth-order valence-corrected chi connectivity index (χ4v) is 4.29. The second-order valence-corrected chi connectivity index (χ2v) is 7.97. The number of hydrogen-bond donors (Lipinski definition) is 0. The van der Waals surface area contributed by atoms with Crippen molar-refractivity contribution in [2.45, 2.75) is 18.9 Å². The van der Waals surface area contributed by atoms with Crippen molar-refractivity contribution < 1.29 is 9.47 Å². The maximum atomic E-state index is 6.46. The van der Waals surface area contributed by atoms with Crippen LogP contribution in [0.1, 0.15) is 35.6 Å². The Bertz CT molecular complexity index is 1000. The zero-order valence-electron chi connectivity index (χ0n) is 17.2. The maximum absolute atomic E-state index is 6.46. The molecular formula is C27H27NO2. The molecule has 2 aliphatic rings. The molecule has 3 aromatic carbocycles. The Hall–Kier alpha value is -3.04. The molecule has 0 N–H and O–H groups in total. The van der Waals surface area contributed by atoms with Gasteiger partial charge in [-0.1, -0.05) is 60.7 Å². The minimum absolute atomic E-state index is 0.138. The average molecular weight is 398 g/mol. The molecule has 3 heteroatoms. The number of para-hydroxylation sites is 1. The molecule has 5 rings (SSSR count). The van der Waals surface area contributed by atoms with Gasteiger partial charge in [0, 0.05) is 17.7 Å². The Morgan fingerprint density at radius 2 is 1.57 bits per heavy atom. The van der Waals surface area contributed by atoms with Crippen LogP contribution in [0.4, 0.5) is 0 Å². The molecule has 0 spiro atoms. The van der Waals surface area contributed by atoms with Gasteiger partial charge in [0.05, 0.1) is 0 Å². The van der Waals surface area contributed by atoms with E-state index in [-0.39, 0.29) is 6.10 Å². The van der Waals surface area contributed by atoms with Gasteiger partial charge in [-0.15, -0.1) is 0 Å². The van der Waals surface area contributed by atoms with E-state index in [1.54, 1.807) is 0 Å². The molecular weight excluding hydrogens is 370 g/mol. The zero-order chi connectivity index (χ0) is 20.2. The van der Waals surface area contributed by atoms with Gasteiger partial charge in [0.2, 0.25) is 0 Å². The standard InChI is InChI=1S/C27H27NO2/c1-2-8-21(9-3-1)25-20-23-10-4-5-11-26(23)30-27(25)22-12-14-24(15-13-22)29-19-18-28-16-6-7-17-28/h1-5,8-15,20,27H,6-7,16-19H2/t27-/m1/s1. The molecule has 1 atom stereocenters. The molecule has 0 aromatic heterocycles. The SMILES string of the molecule is C1=C(c2ccccc2)[C@@H](c2ccc(OCCN3CCCC3)cc2)Oc2ccccc21. The van der Waals surface area contributed by atoms with Gasteiger partial charge in [0.15, 0.2) is 0 Å². The van der Waals surface area contributed by atoms with Gasteiger partial charge in [-0.3, -0.25) is 4.90 Å². The van der Waals surface area contributed by atoms with Gasteiger partial charge in [0.25, 0.3) is 0 Å². The lowest BCUT2D eigenvalue weighted by Crippen LogP contribution is -2.25. The first kappa shape index (κ1) is 19.0. The van der Waals surface area contributed by atoms with E-state index in [1.807, 2.05) is 18.2 Å². The summed E-state index contributed by atoms with van der Waals surface area (Å²) in [6.07, 6.45) is 4.74. The third-order valence-corrected chi connectivity index (χ3v) is 5.92. The number of likely N-dealkylation sites (tertiary alicyclic amines) is 1. The van der Waals surface area contributed by atoms with E-state index in [2.05, 4.69) is 71.6 Å². The lowest BCUT2D eigenvalue weighted by atomic mass is 9.91. The zero-order valence-corrected chi connectivity index (χ0v) is 17.2. The third-order valence-electron chi connectivity index (χ3n) is 5.92. The van der Waals surface area contributed by atoms with E-state index in [1.165, 1.54) is 37.1 Å². The van der Waals surface area contributed by atoms with Gasteiger partial charge in [-0.05, 0) is 61.3 Å². The molecule has 152 valence electrons. The van der Waals surface area contributed by atoms with Crippen molar-refractivity contribution in [3.8, 4) is 11.5 Å². The Kier molecular flexibility index (Phi) is 5.54. The first-order chi connectivity index (χ1) is 14.9. The van der Waals surface area contributed by atoms with Gasteiger partial charge in [-0.2, -0.15) is 0 Å². The molecule has 1 fully saturated rings. The van der Waals surface area contributed by atoms with Crippen LogP contribution in [0.5, 0.6) is 11.5 Å². The summed E-state index contributed by atoms with van der Waals surface area (Å²) in [7, 11) is 0. The Balaban J connectivity index is 1.35. The first-order valence-corrected chi connectivity index (χ1v) is 10.8. The molecule has 0 radical (unpaired) electrons. The summed E-state index contributed by atoms with van der Waals surface area (Å²) >= 11 is 0. The highest BCUT2D eigenvalue weighted by Crippen LogP contribution is 2.42. The topological polar surface area (TPSA) is 21.7 Å². The highest BCUT2D eigenvalue weighted by Gasteiger charge is 2.25. The van der Waals surface area contributed by atoms with Crippen molar-refractivity contribution in [1.82, 2.24) is 4.90 Å². The van der Waals surface area contributed by atoms with E-state index in [4.69, 9.17) is 9.47 Å². The largest absolute Gasteiger partial charge is 0.492 e. The van der Waals surface area contributed by atoms with E-state index >= 15 is 0 Å². The molecule has 2 heterocycles. The summed E-state index contributed by atoms with van der Waals surface area (Å²) in [5.74, 6) is 1.84. The number of rotatable bonds is 6. The van der Waals surface area contributed by atoms with Crippen molar-refractivity contribution in [2.75, 3.05) is 26.2 Å². The Morgan fingerprint density at radius 1 is 0.833 bits per heavy atom. The summed E-state index contributed by atoms with van der Waals surface area (Å²) in [6, 6.07) is 27.1. The van der Waals surface area contributed by atoms with E-state index < -0.39 is 0 Å². The van der Waals surface area contributed by atoms with Crippen LogP contribution in [0.3, 0.4) is 0 Å². The number of nitrogens with zero attached hydrogens (tertiary/aromatic N) is 1. The van der Waals surface area contributed by atoms with Crippen molar-refractivity contribution in [1.29, 1.82) is 0 Å². The van der Waals surface area contributed by atoms with E-state index in [0.717, 1.165) is 35.8 Å². The summed E-state index contributed by atoms with van der Waals surface area (Å²) < 4.78 is 12.4. The highest BCUT2D eigenvalue weighted by molar-refractivity contribution is 5.87. The van der Waals surface area contributed by atoms with Gasteiger partial charge in [-0.25, -0.2) is 0 Å². The molecule has 0 aliphatic carbocycles. The van der Waals surface area contributed by atoms with Crippen LogP contribution in [0.15, 0.2) is 78.9 Å². The molecule has 3 aromatic rings. The minimum atomic E-state index is -0.138. The average Bonchev–Trinajstić information content (AvgIpc) is 3.33. The molecule has 1 saturated heterocycles. The van der Waals surface area contributed by atoms with Crippen molar-refractivity contribution in [3.63, 3.8) is 0 Å². The molecule has 0 amide bonds. The third kappa shape index (κ3) is 4.12. The van der Waals surface area contributed by atoms with Crippen molar-refractivity contribution in [2.24, 2.45) is 0 Å². The summed E-state index contributed by atoms with van der Waals surface area (Å²) in [5.41, 5.74) is 4.61. The fraction of sp³-hybridized carbons (Fsp3) is 0.259. The van der Waals surface area contributed by atoms with Crippen LogP contribution >= 0.6 is 0 Å². The monoisotopic (exact) mass is 397 g/mol. The normalized spacial score (nSPS) is 18.4. The first-order valence-electron chi connectivity index (χ1n) is 10.8. The Labute approximate surface area is 178 Å². The maximum Gasteiger partial charge on any atom is 0.149 e. The Morgan fingerprint density at radius 3 is 2.37 bits per heavy atom. The lowest BCUT2D eigenvalue weighted by molar-refractivity contribution is 0.237. The highest BCUT2D eigenvalue weighted by atomic mass is 16.5. The van der Waals surface area contributed by atoms with Crippen LogP contribution in [0, 0.1) is 0 Å². The van der Waals surface area contributed by atoms with Crippen LogP contribution in [0.2, 0.25) is 0 Å². The predicted octanol–water partition coefficient (Wildman–Crippen LogP) is 5.84. The smallest absolute Gasteiger partial charge is 0.149 e. The predicted molar refractivity (Wildman–Crippen MR) is 122 cm³/mol. The number of ether oxygens (including phenoxy) is 2. The van der Waals surface area contributed by atoms with Crippen LogP contribution < -0.4 is 9.47 Å². The fourth-order valence-electron chi connectivity index (χ4n) is 4.29. The van der Waals surface area contributed by atoms with Gasteiger partial charge in [0.1, 0.15) is 24.2 Å². The lowest BCUT2D eigenvalue weighted by Gasteiger charge is -2.28. The van der Waals surface area contributed by atoms with Crippen LogP contribution in [-0.4, -0.2) is 31.1 Å². The molecule has 30 heavy (non-hydrogen) atoms. The summed E-state index contributed by atoms with van der Waals surface area (Å²) in [6.45, 7) is 4.15. The number of benzene rings is 3. The van der Waals surface area contributed by atoms with Gasteiger partial charge < -0.3 is 9.47 Å². The summed E-state index contributed by atoms with van der Waals surface area (Å²) in [4.78, 5) is 2.47. The quantitative estimate of drug-likeness (QED) is 0.522.